The second-order valence-corrected chi connectivity index (χ2v) is 8.39. The molecule has 0 spiro atoms. The SMILES string of the molecule is CCOC(=O)c1cc(-c2ccnc(C3SCC(=O)N3CC(C)C)c2)ccc1C. The molecule has 1 aliphatic heterocycles. The molecule has 28 heavy (non-hydrogen) atoms. The number of carbonyl (C=O) groups is 2. The molecule has 1 fully saturated rings. The highest BCUT2D eigenvalue weighted by Crippen LogP contribution is 2.39. The highest BCUT2D eigenvalue weighted by atomic mass is 32.2. The van der Waals surface area contributed by atoms with Gasteiger partial charge in [-0.15, -0.1) is 11.8 Å². The zero-order valence-corrected chi connectivity index (χ0v) is 17.6. The van der Waals surface area contributed by atoms with Crippen LogP contribution in [0, 0.1) is 12.8 Å². The van der Waals surface area contributed by atoms with Crippen LogP contribution in [0.3, 0.4) is 0 Å². The van der Waals surface area contributed by atoms with Gasteiger partial charge in [-0.2, -0.15) is 0 Å². The highest BCUT2D eigenvalue weighted by Gasteiger charge is 2.34. The van der Waals surface area contributed by atoms with Crippen LogP contribution in [0.4, 0.5) is 0 Å². The van der Waals surface area contributed by atoms with E-state index in [0.717, 1.165) is 28.9 Å². The van der Waals surface area contributed by atoms with Crippen molar-refractivity contribution in [2.24, 2.45) is 5.92 Å². The van der Waals surface area contributed by atoms with Crippen molar-refractivity contribution >= 4 is 23.6 Å². The molecule has 1 saturated heterocycles. The Morgan fingerprint density at radius 2 is 2.04 bits per heavy atom. The Balaban J connectivity index is 1.93. The molecule has 1 amide bonds. The third-order valence-corrected chi connectivity index (χ3v) is 5.86. The Bertz CT molecular complexity index is 882. The summed E-state index contributed by atoms with van der Waals surface area (Å²) in [5, 5.41) is -0.0650. The molecule has 1 unspecified atom stereocenters. The maximum atomic E-state index is 12.3. The Kier molecular flexibility index (Phi) is 6.39. The second-order valence-electron chi connectivity index (χ2n) is 7.32. The summed E-state index contributed by atoms with van der Waals surface area (Å²) in [6, 6.07) is 9.74. The number of aryl methyl sites for hydroxylation is 1. The third kappa shape index (κ3) is 4.38. The molecule has 3 rings (SSSR count). The first-order valence-corrected chi connectivity index (χ1v) is 10.6. The first-order valence-electron chi connectivity index (χ1n) is 9.55. The van der Waals surface area contributed by atoms with Crippen molar-refractivity contribution in [3.05, 3.63) is 53.3 Å². The number of thioether (sulfide) groups is 1. The van der Waals surface area contributed by atoms with Crippen LogP contribution in [0.2, 0.25) is 0 Å². The third-order valence-electron chi connectivity index (χ3n) is 4.63. The molecule has 0 aliphatic carbocycles. The minimum atomic E-state index is -0.309. The molecule has 6 heteroatoms. The number of ether oxygens (including phenoxy) is 1. The molecule has 5 nitrogen and oxygen atoms in total. The molecule has 1 atom stereocenters. The summed E-state index contributed by atoms with van der Waals surface area (Å²) in [5.74, 6) is 0.741. The van der Waals surface area contributed by atoms with Gasteiger partial charge in [-0.05, 0) is 54.7 Å². The van der Waals surface area contributed by atoms with E-state index in [1.807, 2.05) is 42.2 Å². The lowest BCUT2D eigenvalue weighted by Crippen LogP contribution is -2.32. The number of benzene rings is 1. The van der Waals surface area contributed by atoms with Crippen LogP contribution in [-0.4, -0.2) is 40.7 Å². The smallest absolute Gasteiger partial charge is 0.338 e. The zero-order valence-electron chi connectivity index (χ0n) is 16.8. The van der Waals surface area contributed by atoms with E-state index in [0.29, 0.717) is 23.8 Å². The molecule has 1 aromatic carbocycles. The quantitative estimate of drug-likeness (QED) is 0.672. The standard InChI is InChI=1S/C22H26N2O3S/c1-5-27-22(26)18-10-16(7-6-15(18)4)17-8-9-23-19(11-17)21-24(12-14(2)3)20(25)13-28-21/h6-11,14,21H,5,12-13H2,1-4H3. The predicted molar refractivity (Wildman–Crippen MR) is 112 cm³/mol. The zero-order chi connectivity index (χ0) is 20.3. The van der Waals surface area contributed by atoms with Gasteiger partial charge >= 0.3 is 5.97 Å². The van der Waals surface area contributed by atoms with E-state index in [2.05, 4.69) is 18.8 Å². The minimum Gasteiger partial charge on any atom is -0.462 e. The largest absolute Gasteiger partial charge is 0.462 e. The van der Waals surface area contributed by atoms with Crippen molar-refractivity contribution in [1.82, 2.24) is 9.88 Å². The van der Waals surface area contributed by atoms with Gasteiger partial charge in [-0.1, -0.05) is 26.0 Å². The van der Waals surface area contributed by atoms with Gasteiger partial charge in [-0.3, -0.25) is 9.78 Å². The van der Waals surface area contributed by atoms with Crippen LogP contribution >= 0.6 is 11.8 Å². The average molecular weight is 399 g/mol. The molecule has 1 aromatic heterocycles. The van der Waals surface area contributed by atoms with Gasteiger partial charge in [0.1, 0.15) is 5.37 Å². The predicted octanol–water partition coefficient (Wildman–Crippen LogP) is 4.46. The molecular weight excluding hydrogens is 372 g/mol. The van der Waals surface area contributed by atoms with E-state index in [4.69, 9.17) is 4.74 Å². The maximum Gasteiger partial charge on any atom is 0.338 e. The van der Waals surface area contributed by atoms with Crippen LogP contribution in [0.15, 0.2) is 36.5 Å². The van der Waals surface area contributed by atoms with Crippen molar-refractivity contribution < 1.29 is 14.3 Å². The summed E-state index contributed by atoms with van der Waals surface area (Å²) in [6.07, 6.45) is 1.77. The van der Waals surface area contributed by atoms with Gasteiger partial charge in [-0.25, -0.2) is 4.79 Å². The number of nitrogens with zero attached hydrogens (tertiary/aromatic N) is 2. The lowest BCUT2D eigenvalue weighted by atomic mass is 10.00. The average Bonchev–Trinajstić information content (AvgIpc) is 3.02. The van der Waals surface area contributed by atoms with Gasteiger partial charge in [0.15, 0.2) is 0 Å². The second kappa shape index (κ2) is 8.78. The number of carbonyl (C=O) groups excluding carboxylic acids is 2. The summed E-state index contributed by atoms with van der Waals surface area (Å²) in [7, 11) is 0. The Labute approximate surface area is 170 Å². The molecule has 148 valence electrons. The van der Waals surface area contributed by atoms with Crippen LogP contribution in [0.25, 0.3) is 11.1 Å². The molecule has 2 heterocycles. The van der Waals surface area contributed by atoms with Crippen molar-refractivity contribution in [3.63, 3.8) is 0 Å². The van der Waals surface area contributed by atoms with Crippen LogP contribution < -0.4 is 0 Å². The summed E-state index contributed by atoms with van der Waals surface area (Å²) >= 11 is 1.61. The molecule has 0 saturated carbocycles. The van der Waals surface area contributed by atoms with E-state index in [-0.39, 0.29) is 17.3 Å². The first kappa shape index (κ1) is 20.4. The minimum absolute atomic E-state index is 0.0650. The number of hydrogen-bond acceptors (Lipinski definition) is 5. The Morgan fingerprint density at radius 3 is 2.75 bits per heavy atom. The fraction of sp³-hybridized carbons (Fsp3) is 0.409. The molecular formula is C22H26N2O3S. The van der Waals surface area contributed by atoms with Crippen molar-refractivity contribution in [2.45, 2.75) is 33.1 Å². The van der Waals surface area contributed by atoms with E-state index < -0.39 is 0 Å². The lowest BCUT2D eigenvalue weighted by molar-refractivity contribution is -0.128. The van der Waals surface area contributed by atoms with Gasteiger partial charge in [0.25, 0.3) is 0 Å². The van der Waals surface area contributed by atoms with E-state index in [1.165, 1.54) is 0 Å². The monoisotopic (exact) mass is 398 g/mol. The summed E-state index contributed by atoms with van der Waals surface area (Å²) in [6.45, 7) is 9.00. The lowest BCUT2D eigenvalue weighted by Gasteiger charge is -2.25. The summed E-state index contributed by atoms with van der Waals surface area (Å²) in [4.78, 5) is 31.0. The van der Waals surface area contributed by atoms with Gasteiger partial charge < -0.3 is 9.64 Å². The summed E-state index contributed by atoms with van der Waals surface area (Å²) in [5.41, 5.74) is 4.23. The molecule has 1 aliphatic rings. The number of rotatable bonds is 6. The van der Waals surface area contributed by atoms with Crippen molar-refractivity contribution in [3.8, 4) is 11.1 Å². The van der Waals surface area contributed by atoms with Gasteiger partial charge in [0, 0.05) is 12.7 Å². The summed E-state index contributed by atoms with van der Waals surface area (Å²) < 4.78 is 5.17. The molecule has 0 bridgehead atoms. The van der Waals surface area contributed by atoms with Crippen LogP contribution in [-0.2, 0) is 9.53 Å². The highest BCUT2D eigenvalue weighted by molar-refractivity contribution is 8.00. The van der Waals surface area contributed by atoms with Crippen LogP contribution in [0.1, 0.15) is 47.8 Å². The Morgan fingerprint density at radius 1 is 1.29 bits per heavy atom. The van der Waals surface area contributed by atoms with E-state index in [9.17, 15) is 9.59 Å². The number of aromatic nitrogens is 1. The first-order chi connectivity index (χ1) is 13.4. The van der Waals surface area contributed by atoms with Gasteiger partial charge in [0.05, 0.1) is 23.6 Å². The Hall–Kier alpha value is -2.34. The fourth-order valence-corrected chi connectivity index (χ4v) is 4.43. The molecule has 0 N–H and O–H groups in total. The van der Waals surface area contributed by atoms with Gasteiger partial charge in [0.2, 0.25) is 5.91 Å². The van der Waals surface area contributed by atoms with E-state index >= 15 is 0 Å². The van der Waals surface area contributed by atoms with E-state index in [1.54, 1.807) is 24.9 Å². The fourth-order valence-electron chi connectivity index (χ4n) is 3.28. The molecule has 0 radical (unpaired) electrons. The maximum absolute atomic E-state index is 12.3. The van der Waals surface area contributed by atoms with Crippen molar-refractivity contribution in [2.75, 3.05) is 18.9 Å². The normalized spacial score (nSPS) is 16.7. The number of esters is 1. The number of pyridine rings is 1. The number of hydrogen-bond donors (Lipinski definition) is 0. The van der Waals surface area contributed by atoms with Crippen LogP contribution in [0.5, 0.6) is 0 Å². The molecule has 2 aromatic rings. The number of amides is 1. The topological polar surface area (TPSA) is 59.5 Å². The van der Waals surface area contributed by atoms with Crippen molar-refractivity contribution in [1.29, 1.82) is 0 Å².